The van der Waals surface area contributed by atoms with Crippen LogP contribution >= 0.6 is 0 Å². The molecule has 186 valence electrons. The fourth-order valence-electron chi connectivity index (χ4n) is 5.18. The number of hydrogen-bond acceptors (Lipinski definition) is 6. The number of aryl methyl sites for hydroxylation is 1. The summed E-state index contributed by atoms with van der Waals surface area (Å²) in [5, 5.41) is 6.03. The van der Waals surface area contributed by atoms with Crippen molar-refractivity contribution in [2.75, 3.05) is 10.6 Å². The zero-order chi connectivity index (χ0) is 25.7. The third kappa shape index (κ3) is 4.44. The van der Waals surface area contributed by atoms with Gasteiger partial charge in [-0.15, -0.1) is 0 Å². The van der Waals surface area contributed by atoms with E-state index >= 15 is 4.39 Å². The molecular weight excluding hydrogens is 447 g/mol. The molecule has 0 fully saturated rings. The summed E-state index contributed by atoms with van der Waals surface area (Å²) in [6, 6.07) is 6.27. The second-order valence-corrected chi connectivity index (χ2v) is 10.8. The Morgan fingerprint density at radius 1 is 1.06 bits per heavy atom. The Bertz CT molecular complexity index is 1340. The summed E-state index contributed by atoms with van der Waals surface area (Å²) in [5.41, 5.74) is -0.700. The van der Waals surface area contributed by atoms with Crippen molar-refractivity contribution in [3.05, 3.63) is 73.2 Å². The monoisotopic (exact) mass is 480 g/mol. The number of benzene rings is 1. The average Bonchev–Trinajstić information content (AvgIpc) is 3.17. The first-order valence-electron chi connectivity index (χ1n) is 12.2. The molecule has 0 spiro atoms. The van der Waals surface area contributed by atoms with Gasteiger partial charge < -0.3 is 15.1 Å². The van der Waals surface area contributed by atoms with Crippen molar-refractivity contribution in [1.82, 2.24) is 0 Å². The zero-order valence-corrected chi connectivity index (χ0v) is 21.2. The van der Waals surface area contributed by atoms with Crippen molar-refractivity contribution in [3.8, 4) is 0 Å². The SMILES string of the molecule is CCC1c2ccc(F)c(Nc3c(N[C@@H](c4ccc(C)o4)C(C)(C)C)c(=O)c3=O)c2C(=O)CCC1C. The fourth-order valence-corrected chi connectivity index (χ4v) is 5.18. The lowest BCUT2D eigenvalue weighted by molar-refractivity contribution is 0.0979. The van der Waals surface area contributed by atoms with Gasteiger partial charge in [-0.3, -0.25) is 14.4 Å². The number of carbonyl (C=O) groups is 1. The Morgan fingerprint density at radius 2 is 1.74 bits per heavy atom. The summed E-state index contributed by atoms with van der Waals surface area (Å²) in [6.07, 6.45) is 1.84. The molecule has 0 amide bonds. The van der Waals surface area contributed by atoms with Crippen LogP contribution in [0.25, 0.3) is 0 Å². The molecule has 2 N–H and O–H groups in total. The largest absolute Gasteiger partial charge is 0.464 e. The maximum atomic E-state index is 15.1. The lowest BCUT2D eigenvalue weighted by atomic mass is 9.83. The van der Waals surface area contributed by atoms with Crippen LogP contribution in [0.4, 0.5) is 21.5 Å². The van der Waals surface area contributed by atoms with Crippen molar-refractivity contribution >= 4 is 22.8 Å². The number of furan rings is 1. The molecule has 3 atom stereocenters. The Hall–Kier alpha value is -3.22. The maximum Gasteiger partial charge on any atom is 0.253 e. The highest BCUT2D eigenvalue weighted by Crippen LogP contribution is 2.42. The molecule has 0 aliphatic heterocycles. The minimum Gasteiger partial charge on any atom is -0.464 e. The first-order chi connectivity index (χ1) is 16.4. The van der Waals surface area contributed by atoms with E-state index in [-0.39, 0.29) is 45.7 Å². The summed E-state index contributed by atoms with van der Waals surface area (Å²) >= 11 is 0. The first kappa shape index (κ1) is 24.9. The number of carbonyl (C=O) groups excluding carboxylic acids is 1. The summed E-state index contributed by atoms with van der Waals surface area (Å²) in [6.45, 7) is 12.0. The molecule has 0 saturated heterocycles. The smallest absolute Gasteiger partial charge is 0.253 e. The Balaban J connectivity index is 1.77. The van der Waals surface area contributed by atoms with Gasteiger partial charge in [-0.1, -0.05) is 40.7 Å². The molecule has 1 aliphatic rings. The van der Waals surface area contributed by atoms with Gasteiger partial charge in [-0.25, -0.2) is 4.39 Å². The Kier molecular flexibility index (Phi) is 6.47. The van der Waals surface area contributed by atoms with E-state index in [0.717, 1.165) is 24.2 Å². The predicted octanol–water partition coefficient (Wildman–Crippen LogP) is 6.37. The fraction of sp³-hybridized carbons (Fsp3) is 0.464. The van der Waals surface area contributed by atoms with Crippen molar-refractivity contribution in [3.63, 3.8) is 0 Å². The summed E-state index contributed by atoms with van der Waals surface area (Å²) < 4.78 is 20.9. The number of ketones is 1. The topological polar surface area (TPSA) is 88.4 Å². The van der Waals surface area contributed by atoms with Crippen LogP contribution in [0.2, 0.25) is 0 Å². The van der Waals surface area contributed by atoms with Crippen LogP contribution in [0.1, 0.15) is 93.3 Å². The van der Waals surface area contributed by atoms with E-state index < -0.39 is 22.7 Å². The summed E-state index contributed by atoms with van der Waals surface area (Å²) in [4.78, 5) is 38.3. The highest BCUT2D eigenvalue weighted by molar-refractivity contribution is 6.04. The molecule has 2 aromatic carbocycles. The minimum atomic E-state index is -0.741. The second kappa shape index (κ2) is 9.10. The van der Waals surface area contributed by atoms with Gasteiger partial charge in [0.05, 0.1) is 11.7 Å². The third-order valence-corrected chi connectivity index (χ3v) is 7.18. The van der Waals surface area contributed by atoms with Gasteiger partial charge in [0.1, 0.15) is 28.7 Å². The molecule has 2 unspecified atom stereocenters. The van der Waals surface area contributed by atoms with Crippen molar-refractivity contribution < 1.29 is 13.6 Å². The van der Waals surface area contributed by atoms with E-state index in [4.69, 9.17) is 4.42 Å². The molecular formula is C28H33FN2O4. The van der Waals surface area contributed by atoms with Crippen LogP contribution in [0, 0.1) is 24.1 Å². The molecule has 6 nitrogen and oxygen atoms in total. The summed E-state index contributed by atoms with van der Waals surface area (Å²) in [7, 11) is 0. The third-order valence-electron chi connectivity index (χ3n) is 7.18. The molecule has 0 bridgehead atoms. The zero-order valence-electron chi connectivity index (χ0n) is 21.2. The van der Waals surface area contributed by atoms with E-state index in [1.165, 1.54) is 6.07 Å². The number of rotatable bonds is 6. The van der Waals surface area contributed by atoms with Gasteiger partial charge >= 0.3 is 0 Å². The van der Waals surface area contributed by atoms with Gasteiger partial charge in [0, 0.05) is 12.0 Å². The number of hydrogen-bond donors (Lipinski definition) is 2. The van der Waals surface area contributed by atoms with Crippen molar-refractivity contribution in [2.24, 2.45) is 11.3 Å². The average molecular weight is 481 g/mol. The van der Waals surface area contributed by atoms with Crippen LogP contribution in [-0.4, -0.2) is 5.78 Å². The molecule has 0 saturated carbocycles. The molecule has 1 aromatic heterocycles. The molecule has 1 aliphatic carbocycles. The van der Waals surface area contributed by atoms with Gasteiger partial charge in [0.2, 0.25) is 0 Å². The Morgan fingerprint density at radius 3 is 2.34 bits per heavy atom. The normalized spacial score (nSPS) is 19.3. The van der Waals surface area contributed by atoms with E-state index in [9.17, 15) is 14.4 Å². The van der Waals surface area contributed by atoms with Crippen molar-refractivity contribution in [2.45, 2.75) is 72.8 Å². The standard InChI is InChI=1S/C28H33FN2O4/c1-7-16-14(2)8-12-19(32)21-17(16)10-11-18(29)22(21)30-23-24(26(34)25(23)33)31-27(28(4,5)6)20-13-9-15(3)35-20/h9-11,13-14,16,27,30-31H,7-8,12H2,1-6H3/t14?,16?,27-/m0/s1. The second-order valence-electron chi connectivity index (χ2n) is 10.8. The van der Waals surface area contributed by atoms with E-state index in [2.05, 4.69) is 24.5 Å². The van der Waals surface area contributed by atoms with Crippen LogP contribution in [0.15, 0.2) is 38.3 Å². The van der Waals surface area contributed by atoms with Crippen LogP contribution < -0.4 is 21.5 Å². The van der Waals surface area contributed by atoms with Crippen molar-refractivity contribution in [1.29, 1.82) is 0 Å². The van der Waals surface area contributed by atoms with E-state index in [1.54, 1.807) is 6.07 Å². The highest BCUT2D eigenvalue weighted by Gasteiger charge is 2.35. The van der Waals surface area contributed by atoms with Crippen LogP contribution in [-0.2, 0) is 0 Å². The number of halogens is 1. The first-order valence-corrected chi connectivity index (χ1v) is 12.2. The molecule has 35 heavy (non-hydrogen) atoms. The van der Waals surface area contributed by atoms with Gasteiger partial charge in [-0.2, -0.15) is 0 Å². The Labute approximate surface area is 204 Å². The quantitative estimate of drug-likeness (QED) is 0.315. The summed E-state index contributed by atoms with van der Waals surface area (Å²) in [5.74, 6) is 0.952. The number of fused-ring (bicyclic) bond motifs is 1. The lowest BCUT2D eigenvalue weighted by Crippen LogP contribution is -2.39. The van der Waals surface area contributed by atoms with Crippen LogP contribution in [0.5, 0.6) is 0 Å². The maximum absolute atomic E-state index is 15.1. The molecule has 1 heterocycles. The van der Waals surface area contributed by atoms with E-state index in [1.807, 2.05) is 39.8 Å². The van der Waals surface area contributed by atoms with Crippen LogP contribution in [0.3, 0.4) is 0 Å². The number of nitrogens with one attached hydrogen (secondary N) is 2. The molecule has 0 radical (unpaired) electrons. The van der Waals surface area contributed by atoms with E-state index in [0.29, 0.717) is 12.2 Å². The van der Waals surface area contributed by atoms with Gasteiger partial charge in [0.25, 0.3) is 10.9 Å². The number of anilines is 3. The molecule has 7 heteroatoms. The van der Waals surface area contributed by atoms with Gasteiger partial charge in [0.15, 0.2) is 5.78 Å². The highest BCUT2D eigenvalue weighted by atomic mass is 19.1. The number of Topliss-reactive ketones (excluding diaryl/α,β-unsaturated/α-hetero) is 1. The predicted molar refractivity (Wildman–Crippen MR) is 136 cm³/mol. The van der Waals surface area contributed by atoms with Gasteiger partial charge in [-0.05, 0) is 60.8 Å². The molecule has 4 rings (SSSR count). The molecule has 3 aromatic rings. The lowest BCUT2D eigenvalue weighted by Gasteiger charge is -2.32. The minimum absolute atomic E-state index is 0.0297.